The Morgan fingerprint density at radius 3 is 2.58 bits per heavy atom. The topological polar surface area (TPSA) is 61.0 Å². The van der Waals surface area contributed by atoms with Crippen molar-refractivity contribution in [2.75, 3.05) is 7.11 Å². The van der Waals surface area contributed by atoms with Crippen molar-refractivity contribution in [1.29, 1.82) is 0 Å². The number of ether oxygens (including phenoxy) is 1. The third-order valence-corrected chi connectivity index (χ3v) is 2.68. The van der Waals surface area contributed by atoms with Crippen molar-refractivity contribution in [3.63, 3.8) is 0 Å². The minimum absolute atomic E-state index is 0.206. The van der Waals surface area contributed by atoms with Crippen LogP contribution in [0, 0.1) is 5.82 Å². The van der Waals surface area contributed by atoms with E-state index >= 15 is 0 Å². The highest BCUT2D eigenvalue weighted by atomic mass is 19.1. The van der Waals surface area contributed by atoms with Crippen LogP contribution in [0.1, 0.15) is 19.7 Å². The molecule has 5 heteroatoms. The summed E-state index contributed by atoms with van der Waals surface area (Å²) >= 11 is 0. The summed E-state index contributed by atoms with van der Waals surface area (Å²) in [5, 5.41) is 0. The standard InChI is InChI=1S/C14H16FN3O/c1-14(2,16)13-17-7-6-11(18-13)9-4-5-12(19-3)10(15)8-9/h4-8H,16H2,1-3H3. The van der Waals surface area contributed by atoms with E-state index in [4.69, 9.17) is 10.5 Å². The molecule has 0 unspecified atom stereocenters. The lowest BCUT2D eigenvalue weighted by molar-refractivity contribution is 0.386. The van der Waals surface area contributed by atoms with Crippen LogP contribution in [0.3, 0.4) is 0 Å². The van der Waals surface area contributed by atoms with Gasteiger partial charge in [-0.1, -0.05) is 0 Å². The molecule has 0 atom stereocenters. The molecule has 2 N–H and O–H groups in total. The van der Waals surface area contributed by atoms with Gasteiger partial charge in [-0.3, -0.25) is 0 Å². The maximum absolute atomic E-state index is 13.7. The molecular formula is C14H16FN3O. The van der Waals surface area contributed by atoms with Gasteiger partial charge in [0, 0.05) is 11.8 Å². The van der Waals surface area contributed by atoms with Crippen LogP contribution in [0.2, 0.25) is 0 Å². The number of halogens is 1. The molecule has 0 aliphatic heterocycles. The van der Waals surface area contributed by atoms with Crippen LogP contribution in [0.25, 0.3) is 11.3 Å². The third-order valence-electron chi connectivity index (χ3n) is 2.68. The molecule has 1 aromatic heterocycles. The van der Waals surface area contributed by atoms with Gasteiger partial charge in [0.1, 0.15) is 5.82 Å². The van der Waals surface area contributed by atoms with Crippen LogP contribution >= 0.6 is 0 Å². The van der Waals surface area contributed by atoms with Crippen molar-refractivity contribution in [2.45, 2.75) is 19.4 Å². The molecule has 0 bridgehead atoms. The summed E-state index contributed by atoms with van der Waals surface area (Å²) < 4.78 is 18.6. The van der Waals surface area contributed by atoms with E-state index in [1.807, 2.05) is 13.8 Å². The molecule has 0 aliphatic rings. The van der Waals surface area contributed by atoms with E-state index in [2.05, 4.69) is 9.97 Å². The average molecular weight is 261 g/mol. The Hall–Kier alpha value is -2.01. The Bertz CT molecular complexity index is 593. The zero-order valence-electron chi connectivity index (χ0n) is 11.1. The van der Waals surface area contributed by atoms with E-state index in [9.17, 15) is 4.39 Å². The number of nitrogens with two attached hydrogens (primary N) is 1. The van der Waals surface area contributed by atoms with Crippen LogP contribution in [0.15, 0.2) is 30.5 Å². The molecular weight excluding hydrogens is 245 g/mol. The van der Waals surface area contributed by atoms with E-state index in [-0.39, 0.29) is 5.75 Å². The Labute approximate surface area is 111 Å². The fourth-order valence-electron chi connectivity index (χ4n) is 1.66. The van der Waals surface area contributed by atoms with Crippen LogP contribution in [-0.4, -0.2) is 17.1 Å². The summed E-state index contributed by atoms with van der Waals surface area (Å²) in [7, 11) is 1.43. The van der Waals surface area contributed by atoms with E-state index in [0.29, 0.717) is 17.1 Å². The molecule has 0 saturated carbocycles. The molecule has 2 rings (SSSR count). The van der Waals surface area contributed by atoms with Crippen molar-refractivity contribution in [3.8, 4) is 17.0 Å². The first kappa shape index (κ1) is 13.4. The summed E-state index contributed by atoms with van der Waals surface area (Å²) in [5.41, 5.74) is 6.61. The van der Waals surface area contributed by atoms with Gasteiger partial charge < -0.3 is 10.5 Å². The Kier molecular flexibility index (Phi) is 3.48. The van der Waals surface area contributed by atoms with Gasteiger partial charge in [0.25, 0.3) is 0 Å². The predicted octanol–water partition coefficient (Wildman–Crippen LogP) is 2.49. The monoisotopic (exact) mass is 261 g/mol. The zero-order chi connectivity index (χ0) is 14.0. The molecule has 0 radical (unpaired) electrons. The SMILES string of the molecule is COc1ccc(-c2ccnc(C(C)(C)N)n2)cc1F. The minimum Gasteiger partial charge on any atom is -0.494 e. The highest BCUT2D eigenvalue weighted by molar-refractivity contribution is 5.60. The molecule has 0 fully saturated rings. The average Bonchev–Trinajstić information content (AvgIpc) is 2.38. The first-order chi connectivity index (χ1) is 8.91. The molecule has 0 aliphatic carbocycles. The summed E-state index contributed by atoms with van der Waals surface area (Å²) in [6, 6.07) is 6.42. The lowest BCUT2D eigenvalue weighted by atomic mass is 10.1. The van der Waals surface area contributed by atoms with Crippen molar-refractivity contribution in [3.05, 3.63) is 42.1 Å². The van der Waals surface area contributed by atoms with Gasteiger partial charge in [-0.2, -0.15) is 0 Å². The number of hydrogen-bond donors (Lipinski definition) is 1. The van der Waals surface area contributed by atoms with Crippen LogP contribution in [0.4, 0.5) is 4.39 Å². The Morgan fingerprint density at radius 1 is 1.26 bits per heavy atom. The van der Waals surface area contributed by atoms with E-state index < -0.39 is 11.4 Å². The van der Waals surface area contributed by atoms with Crippen molar-refractivity contribution >= 4 is 0 Å². The van der Waals surface area contributed by atoms with Crippen molar-refractivity contribution < 1.29 is 9.13 Å². The first-order valence-corrected chi connectivity index (χ1v) is 5.88. The van der Waals surface area contributed by atoms with Crippen LogP contribution in [0.5, 0.6) is 5.75 Å². The Balaban J connectivity index is 2.45. The first-order valence-electron chi connectivity index (χ1n) is 5.88. The predicted molar refractivity (Wildman–Crippen MR) is 71.2 cm³/mol. The molecule has 100 valence electrons. The number of aromatic nitrogens is 2. The summed E-state index contributed by atoms with van der Waals surface area (Å²) in [6.45, 7) is 3.64. The largest absolute Gasteiger partial charge is 0.494 e. The van der Waals surface area contributed by atoms with Gasteiger partial charge in [0.15, 0.2) is 11.6 Å². The van der Waals surface area contributed by atoms with Gasteiger partial charge >= 0.3 is 0 Å². The normalized spacial score (nSPS) is 11.4. The number of nitrogens with zero attached hydrogens (tertiary/aromatic N) is 2. The van der Waals surface area contributed by atoms with Gasteiger partial charge in [-0.15, -0.1) is 0 Å². The van der Waals surface area contributed by atoms with E-state index in [1.54, 1.807) is 24.4 Å². The van der Waals surface area contributed by atoms with E-state index in [1.165, 1.54) is 13.2 Å². The molecule has 0 amide bonds. The highest BCUT2D eigenvalue weighted by Crippen LogP contribution is 2.25. The summed E-state index contributed by atoms with van der Waals surface area (Å²) in [5.74, 6) is 0.297. The quantitative estimate of drug-likeness (QED) is 0.922. The third kappa shape index (κ3) is 2.88. The number of rotatable bonds is 3. The van der Waals surface area contributed by atoms with Gasteiger partial charge in [0.05, 0.1) is 18.3 Å². The van der Waals surface area contributed by atoms with Crippen molar-refractivity contribution in [2.24, 2.45) is 5.73 Å². The minimum atomic E-state index is -0.638. The summed E-state index contributed by atoms with van der Waals surface area (Å²) in [4.78, 5) is 8.51. The maximum Gasteiger partial charge on any atom is 0.165 e. The molecule has 0 spiro atoms. The Morgan fingerprint density at radius 2 is 2.00 bits per heavy atom. The molecule has 1 heterocycles. The van der Waals surface area contributed by atoms with E-state index in [0.717, 1.165) is 0 Å². The number of methoxy groups -OCH3 is 1. The lowest BCUT2D eigenvalue weighted by Gasteiger charge is -2.17. The molecule has 19 heavy (non-hydrogen) atoms. The van der Waals surface area contributed by atoms with Gasteiger partial charge in [0.2, 0.25) is 0 Å². The highest BCUT2D eigenvalue weighted by Gasteiger charge is 2.18. The molecule has 2 aromatic rings. The molecule has 0 saturated heterocycles. The van der Waals surface area contributed by atoms with Crippen LogP contribution in [-0.2, 0) is 5.54 Å². The second-order valence-corrected chi connectivity index (χ2v) is 4.84. The maximum atomic E-state index is 13.7. The summed E-state index contributed by atoms with van der Waals surface area (Å²) in [6.07, 6.45) is 1.62. The van der Waals surface area contributed by atoms with Crippen molar-refractivity contribution in [1.82, 2.24) is 9.97 Å². The lowest BCUT2D eigenvalue weighted by Crippen LogP contribution is -2.31. The zero-order valence-corrected chi connectivity index (χ0v) is 11.1. The molecule has 1 aromatic carbocycles. The second-order valence-electron chi connectivity index (χ2n) is 4.84. The fourth-order valence-corrected chi connectivity index (χ4v) is 1.66. The molecule has 4 nitrogen and oxygen atoms in total. The smallest absolute Gasteiger partial charge is 0.165 e. The van der Waals surface area contributed by atoms with Crippen LogP contribution < -0.4 is 10.5 Å². The van der Waals surface area contributed by atoms with Gasteiger partial charge in [-0.05, 0) is 38.1 Å². The number of benzene rings is 1. The second kappa shape index (κ2) is 4.93. The fraction of sp³-hybridized carbons (Fsp3) is 0.286. The van der Waals surface area contributed by atoms with Gasteiger partial charge in [-0.25, -0.2) is 14.4 Å². The number of hydrogen-bond acceptors (Lipinski definition) is 4.